The Kier molecular flexibility index (Phi) is 3.88. The van der Waals surface area contributed by atoms with E-state index in [1.807, 2.05) is 28.2 Å². The second-order valence-corrected chi connectivity index (χ2v) is 7.73. The predicted octanol–water partition coefficient (Wildman–Crippen LogP) is 2.62. The number of aryl methyl sites for hydroxylation is 1. The summed E-state index contributed by atoms with van der Waals surface area (Å²) in [6, 6.07) is 3.05. The monoisotopic (exact) mass is 365 g/mol. The SMILES string of the molecule is CCn1c2cc(N3CCSCC3)c(F)cc2c(=O)c2c(=O)[nH]sc21. The molecule has 2 aromatic heterocycles. The van der Waals surface area contributed by atoms with Crippen molar-refractivity contribution in [1.82, 2.24) is 8.94 Å². The van der Waals surface area contributed by atoms with Crippen LogP contribution < -0.4 is 15.9 Å². The van der Waals surface area contributed by atoms with Gasteiger partial charge in [0.15, 0.2) is 0 Å². The smallest absolute Gasteiger partial charge is 0.271 e. The van der Waals surface area contributed by atoms with Gasteiger partial charge in [0, 0.05) is 36.5 Å². The van der Waals surface area contributed by atoms with Crippen LogP contribution >= 0.6 is 23.3 Å². The number of anilines is 1. The fraction of sp³-hybridized carbons (Fsp3) is 0.375. The van der Waals surface area contributed by atoms with Crippen molar-refractivity contribution in [2.45, 2.75) is 13.5 Å². The van der Waals surface area contributed by atoms with E-state index in [2.05, 4.69) is 4.37 Å². The van der Waals surface area contributed by atoms with Crippen molar-refractivity contribution >= 4 is 50.1 Å². The van der Waals surface area contributed by atoms with Crippen molar-refractivity contribution in [3.63, 3.8) is 0 Å². The third kappa shape index (κ3) is 2.28. The van der Waals surface area contributed by atoms with E-state index in [9.17, 15) is 14.0 Å². The second kappa shape index (κ2) is 5.93. The zero-order valence-electron chi connectivity index (χ0n) is 13.1. The van der Waals surface area contributed by atoms with Gasteiger partial charge >= 0.3 is 0 Å². The lowest BCUT2D eigenvalue weighted by Gasteiger charge is -2.29. The molecule has 1 aliphatic rings. The Hall–Kier alpha value is -1.80. The van der Waals surface area contributed by atoms with Gasteiger partial charge in [0.25, 0.3) is 5.56 Å². The molecule has 0 bridgehead atoms. The van der Waals surface area contributed by atoms with Crippen LogP contribution in [0.15, 0.2) is 21.7 Å². The van der Waals surface area contributed by atoms with Gasteiger partial charge in [-0.05, 0) is 30.6 Å². The van der Waals surface area contributed by atoms with Gasteiger partial charge in [-0.2, -0.15) is 11.8 Å². The molecule has 0 aliphatic carbocycles. The van der Waals surface area contributed by atoms with Gasteiger partial charge in [0.05, 0.1) is 11.2 Å². The summed E-state index contributed by atoms with van der Waals surface area (Å²) < 4.78 is 19.2. The summed E-state index contributed by atoms with van der Waals surface area (Å²) in [5, 5.41) is 0.386. The van der Waals surface area contributed by atoms with E-state index >= 15 is 0 Å². The maximum absolute atomic E-state index is 14.7. The molecular weight excluding hydrogens is 349 g/mol. The molecule has 1 fully saturated rings. The number of rotatable bonds is 2. The second-order valence-electron chi connectivity index (χ2n) is 5.71. The van der Waals surface area contributed by atoms with E-state index in [1.165, 1.54) is 6.07 Å². The highest BCUT2D eigenvalue weighted by Gasteiger charge is 2.20. The Morgan fingerprint density at radius 3 is 2.71 bits per heavy atom. The molecule has 0 amide bonds. The van der Waals surface area contributed by atoms with E-state index in [0.717, 1.165) is 36.1 Å². The Morgan fingerprint density at radius 2 is 2.00 bits per heavy atom. The van der Waals surface area contributed by atoms with Crippen molar-refractivity contribution in [3.05, 3.63) is 38.5 Å². The molecule has 4 rings (SSSR count). The highest BCUT2D eigenvalue weighted by molar-refractivity contribution is 7.99. The summed E-state index contributed by atoms with van der Waals surface area (Å²) >= 11 is 3.02. The first-order valence-corrected chi connectivity index (χ1v) is 9.79. The van der Waals surface area contributed by atoms with E-state index in [4.69, 9.17) is 0 Å². The number of thioether (sulfide) groups is 1. The highest BCUT2D eigenvalue weighted by Crippen LogP contribution is 2.29. The molecule has 126 valence electrons. The molecule has 5 nitrogen and oxygen atoms in total. The minimum absolute atomic E-state index is 0.121. The van der Waals surface area contributed by atoms with Crippen LogP contribution in [0.3, 0.4) is 0 Å². The van der Waals surface area contributed by atoms with Crippen LogP contribution in [0, 0.1) is 5.82 Å². The van der Waals surface area contributed by atoms with Crippen molar-refractivity contribution in [1.29, 1.82) is 0 Å². The van der Waals surface area contributed by atoms with Crippen molar-refractivity contribution in [2.75, 3.05) is 29.5 Å². The summed E-state index contributed by atoms with van der Waals surface area (Å²) in [5.74, 6) is 1.53. The first kappa shape index (κ1) is 15.7. The molecule has 24 heavy (non-hydrogen) atoms. The summed E-state index contributed by atoms with van der Waals surface area (Å²) in [4.78, 5) is 27.3. The molecule has 0 unspecified atom stereocenters. The molecule has 1 aliphatic heterocycles. The molecule has 1 aromatic carbocycles. The van der Waals surface area contributed by atoms with Crippen LogP contribution in [0.5, 0.6) is 0 Å². The number of aromatic nitrogens is 2. The molecule has 1 saturated heterocycles. The fourth-order valence-electron chi connectivity index (χ4n) is 3.24. The molecule has 0 radical (unpaired) electrons. The van der Waals surface area contributed by atoms with Crippen molar-refractivity contribution < 1.29 is 4.39 Å². The lowest BCUT2D eigenvalue weighted by molar-refractivity contribution is 0.621. The molecule has 1 N–H and O–H groups in total. The quantitative estimate of drug-likeness (QED) is 0.758. The maximum atomic E-state index is 14.7. The van der Waals surface area contributed by atoms with Crippen molar-refractivity contribution in [3.8, 4) is 0 Å². The van der Waals surface area contributed by atoms with Gasteiger partial charge in [-0.1, -0.05) is 0 Å². The minimum atomic E-state index is -0.403. The van der Waals surface area contributed by atoms with Crippen LogP contribution in [0.1, 0.15) is 6.92 Å². The average molecular weight is 365 g/mol. The molecule has 8 heteroatoms. The van der Waals surface area contributed by atoms with Gasteiger partial charge in [0.1, 0.15) is 16.0 Å². The number of pyridine rings is 1. The number of hydrogen-bond donors (Lipinski definition) is 1. The van der Waals surface area contributed by atoms with Gasteiger partial charge in [-0.25, -0.2) is 4.39 Å². The maximum Gasteiger partial charge on any atom is 0.271 e. The topological polar surface area (TPSA) is 58.1 Å². The third-order valence-corrected chi connectivity index (χ3v) is 6.27. The Morgan fingerprint density at radius 1 is 1.25 bits per heavy atom. The van der Waals surface area contributed by atoms with E-state index in [0.29, 0.717) is 22.6 Å². The number of aromatic amines is 1. The zero-order chi connectivity index (χ0) is 16.8. The van der Waals surface area contributed by atoms with E-state index in [1.54, 1.807) is 6.07 Å². The largest absolute Gasteiger partial charge is 0.367 e. The van der Waals surface area contributed by atoms with Crippen LogP contribution in [0.4, 0.5) is 10.1 Å². The normalized spacial score (nSPS) is 15.5. The van der Waals surface area contributed by atoms with Crippen LogP contribution in [-0.2, 0) is 6.54 Å². The Bertz CT molecular complexity index is 1050. The number of benzene rings is 1. The van der Waals surface area contributed by atoms with Gasteiger partial charge < -0.3 is 9.47 Å². The van der Waals surface area contributed by atoms with Gasteiger partial charge in [-0.3, -0.25) is 14.0 Å². The number of H-pyrrole nitrogens is 1. The molecule has 0 atom stereocenters. The molecule has 0 saturated carbocycles. The van der Waals surface area contributed by atoms with Crippen LogP contribution in [0.25, 0.3) is 21.1 Å². The predicted molar refractivity (Wildman–Crippen MR) is 99.4 cm³/mol. The third-order valence-electron chi connectivity index (χ3n) is 4.42. The summed E-state index contributed by atoms with van der Waals surface area (Å²) in [7, 11) is 0. The summed E-state index contributed by atoms with van der Waals surface area (Å²) in [5.41, 5.74) is 0.417. The van der Waals surface area contributed by atoms with Crippen LogP contribution in [-0.4, -0.2) is 33.5 Å². The lowest BCUT2D eigenvalue weighted by atomic mass is 10.1. The summed E-state index contributed by atoms with van der Waals surface area (Å²) in [6.45, 7) is 4.14. The number of nitrogens with one attached hydrogen (secondary N) is 1. The number of fused-ring (bicyclic) bond motifs is 2. The van der Waals surface area contributed by atoms with Gasteiger partial charge in [0.2, 0.25) is 5.43 Å². The number of hydrogen-bond acceptors (Lipinski definition) is 5. The minimum Gasteiger partial charge on any atom is -0.367 e. The molecule has 0 spiro atoms. The number of halogens is 1. The first-order valence-electron chi connectivity index (χ1n) is 7.81. The van der Waals surface area contributed by atoms with Crippen LogP contribution in [0.2, 0.25) is 0 Å². The average Bonchev–Trinajstić information content (AvgIpc) is 2.98. The highest BCUT2D eigenvalue weighted by atomic mass is 32.2. The van der Waals surface area contributed by atoms with E-state index < -0.39 is 16.8 Å². The fourth-order valence-corrected chi connectivity index (χ4v) is 5.06. The van der Waals surface area contributed by atoms with Crippen molar-refractivity contribution in [2.24, 2.45) is 0 Å². The molecule has 3 aromatic rings. The molecular formula is C16H16FN3O2S2. The number of nitrogens with zero attached hydrogens (tertiary/aromatic N) is 2. The Labute approximate surface area is 145 Å². The zero-order valence-corrected chi connectivity index (χ0v) is 14.7. The first-order chi connectivity index (χ1) is 11.6. The lowest BCUT2D eigenvalue weighted by Crippen LogP contribution is -2.33. The summed E-state index contributed by atoms with van der Waals surface area (Å²) in [6.07, 6.45) is 0. The van der Waals surface area contributed by atoms with E-state index in [-0.39, 0.29) is 10.8 Å². The Balaban J connectivity index is 2.07. The van der Waals surface area contributed by atoms with Gasteiger partial charge in [-0.15, -0.1) is 0 Å². The molecule has 3 heterocycles. The standard InChI is InChI=1S/C16H16FN3O2S2/c1-2-20-11-8-12(19-3-5-23-6-4-19)10(17)7-9(11)14(21)13-15(22)18-24-16(13)20/h7-8H,2-6H2,1H3,(H,18,22).